The monoisotopic (exact) mass is 620 g/mol. The van der Waals surface area contributed by atoms with E-state index >= 15 is 0 Å². The number of furan rings is 1. The van der Waals surface area contributed by atoms with E-state index in [1.54, 1.807) is 0 Å². The van der Waals surface area contributed by atoms with Crippen molar-refractivity contribution in [2.24, 2.45) is 0 Å². The van der Waals surface area contributed by atoms with Gasteiger partial charge in [0.2, 0.25) is 5.95 Å². The van der Waals surface area contributed by atoms with Crippen molar-refractivity contribution < 1.29 is 12.6 Å². The average Bonchev–Trinajstić information content (AvgIpc) is 3.76. The molecular formula is C43H26N4O. The summed E-state index contributed by atoms with van der Waals surface area (Å²) in [4.78, 5) is 15.1. The number of benzene rings is 7. The Hall–Kier alpha value is -6.59. The molecule has 0 saturated carbocycles. The molecule has 0 fully saturated rings. The Balaban J connectivity index is 1.31. The lowest BCUT2D eigenvalue weighted by molar-refractivity contribution is 0.669. The van der Waals surface area contributed by atoms with Gasteiger partial charge in [0.1, 0.15) is 11.2 Å². The molecule has 0 aliphatic carbocycles. The van der Waals surface area contributed by atoms with Crippen LogP contribution < -0.4 is 0 Å². The van der Waals surface area contributed by atoms with E-state index in [0.29, 0.717) is 22.8 Å². The number of nitrogens with zero attached hydrogens (tertiary/aromatic N) is 4. The summed E-state index contributed by atoms with van der Waals surface area (Å²) in [6.07, 6.45) is 0. The first-order valence-corrected chi connectivity index (χ1v) is 15.5. The van der Waals surface area contributed by atoms with Crippen LogP contribution in [-0.4, -0.2) is 19.5 Å². The number of rotatable bonds is 4. The van der Waals surface area contributed by atoms with Gasteiger partial charge in [0, 0.05) is 32.7 Å². The molecule has 5 nitrogen and oxygen atoms in total. The Morgan fingerprint density at radius 2 is 1.08 bits per heavy atom. The van der Waals surface area contributed by atoms with E-state index < -0.39 is 0 Å². The fourth-order valence-corrected chi connectivity index (χ4v) is 6.66. The molecule has 7 aromatic carbocycles. The molecule has 3 heterocycles. The highest BCUT2D eigenvalue weighted by atomic mass is 16.3. The van der Waals surface area contributed by atoms with Crippen molar-refractivity contribution in [2.45, 2.75) is 0 Å². The lowest BCUT2D eigenvalue weighted by Crippen LogP contribution is -2.06. The molecular weight excluding hydrogens is 589 g/mol. The van der Waals surface area contributed by atoms with Crippen molar-refractivity contribution in [3.05, 3.63) is 158 Å². The molecule has 0 saturated heterocycles. The van der Waals surface area contributed by atoms with Gasteiger partial charge in [-0.3, -0.25) is 4.57 Å². The number of aromatic nitrogens is 4. The second kappa shape index (κ2) is 10.5. The van der Waals surface area contributed by atoms with Gasteiger partial charge in [-0.05, 0) is 58.2 Å². The Labute approximate surface area is 283 Å². The van der Waals surface area contributed by atoms with Gasteiger partial charge in [-0.15, -0.1) is 0 Å². The molecule has 0 N–H and O–H groups in total. The van der Waals surface area contributed by atoms with Gasteiger partial charge in [0.25, 0.3) is 0 Å². The third kappa shape index (κ3) is 4.08. The first-order chi connectivity index (χ1) is 26.3. The minimum Gasteiger partial charge on any atom is -0.456 e. The molecule has 0 aliphatic heterocycles. The Morgan fingerprint density at radius 3 is 1.85 bits per heavy atom. The molecule has 0 amide bonds. The van der Waals surface area contributed by atoms with Gasteiger partial charge in [0.05, 0.1) is 19.3 Å². The summed E-state index contributed by atoms with van der Waals surface area (Å²) in [5.74, 6) is 0.690. The van der Waals surface area contributed by atoms with Crippen LogP contribution in [0.2, 0.25) is 0 Å². The highest BCUT2D eigenvalue weighted by Crippen LogP contribution is 2.37. The third-order valence-corrected chi connectivity index (χ3v) is 8.84. The van der Waals surface area contributed by atoms with Crippen LogP contribution in [0.5, 0.6) is 0 Å². The third-order valence-electron chi connectivity index (χ3n) is 8.84. The molecule has 0 bridgehead atoms. The number of para-hydroxylation sites is 3. The van der Waals surface area contributed by atoms with Crippen molar-refractivity contribution in [3.63, 3.8) is 0 Å². The SMILES string of the molecule is [2H]c1cc([2H])c2c(c1[2H])c1c([2H])c([2H])cc([2H])c1n2-c1nc(-c2ccc3c(c2)oc2ccccc23)nc(-c2ccc(-c3ccccc3)c3ccccc23)n1. The van der Waals surface area contributed by atoms with Crippen molar-refractivity contribution in [2.75, 3.05) is 0 Å². The van der Waals surface area contributed by atoms with E-state index in [1.807, 2.05) is 91.0 Å². The summed E-state index contributed by atoms with van der Waals surface area (Å²) in [5.41, 5.74) is 5.20. The number of hydrogen-bond acceptors (Lipinski definition) is 4. The summed E-state index contributed by atoms with van der Waals surface area (Å²) in [6, 6.07) is 37.3. The van der Waals surface area contributed by atoms with Crippen LogP contribution in [0.4, 0.5) is 0 Å². The summed E-state index contributed by atoms with van der Waals surface area (Å²) in [5, 5.41) is 4.07. The molecule has 224 valence electrons. The molecule has 0 unspecified atom stereocenters. The fraction of sp³-hybridized carbons (Fsp3) is 0. The minimum absolute atomic E-state index is 0.0622. The zero-order valence-electron chi connectivity index (χ0n) is 31.2. The van der Waals surface area contributed by atoms with E-state index in [1.165, 1.54) is 16.7 Å². The molecule has 0 spiro atoms. The lowest BCUT2D eigenvalue weighted by Gasteiger charge is -2.14. The van der Waals surface area contributed by atoms with E-state index in [9.17, 15) is 0 Å². The summed E-state index contributed by atoms with van der Waals surface area (Å²) >= 11 is 0. The van der Waals surface area contributed by atoms with Crippen LogP contribution in [0.15, 0.2) is 162 Å². The summed E-state index contributed by atoms with van der Waals surface area (Å²) in [6.45, 7) is 0. The molecule has 0 radical (unpaired) electrons. The molecule has 5 heteroatoms. The van der Waals surface area contributed by atoms with Crippen molar-refractivity contribution >= 4 is 54.5 Å². The largest absolute Gasteiger partial charge is 0.456 e. The van der Waals surface area contributed by atoms with Crippen molar-refractivity contribution in [1.82, 2.24) is 19.5 Å². The Morgan fingerprint density at radius 1 is 0.458 bits per heavy atom. The second-order valence-corrected chi connectivity index (χ2v) is 11.6. The summed E-state index contributed by atoms with van der Waals surface area (Å²) in [7, 11) is 0. The van der Waals surface area contributed by atoms with Gasteiger partial charge >= 0.3 is 0 Å². The first-order valence-electron chi connectivity index (χ1n) is 18.5. The highest BCUT2D eigenvalue weighted by Gasteiger charge is 2.20. The zero-order valence-corrected chi connectivity index (χ0v) is 25.2. The zero-order chi connectivity index (χ0) is 36.8. The number of fused-ring (bicyclic) bond motifs is 7. The predicted octanol–water partition coefficient (Wildman–Crippen LogP) is 11.0. The fourth-order valence-electron chi connectivity index (χ4n) is 6.66. The maximum absolute atomic E-state index is 9.03. The maximum atomic E-state index is 9.03. The smallest absolute Gasteiger partial charge is 0.238 e. The molecule has 48 heavy (non-hydrogen) atoms. The van der Waals surface area contributed by atoms with Crippen LogP contribution >= 0.6 is 0 Å². The van der Waals surface area contributed by atoms with Gasteiger partial charge in [-0.1, -0.05) is 121 Å². The van der Waals surface area contributed by atoms with E-state index in [0.717, 1.165) is 43.8 Å². The van der Waals surface area contributed by atoms with Crippen LogP contribution in [0.3, 0.4) is 0 Å². The van der Waals surface area contributed by atoms with Gasteiger partial charge < -0.3 is 4.42 Å². The van der Waals surface area contributed by atoms with Crippen LogP contribution in [-0.2, 0) is 0 Å². The maximum Gasteiger partial charge on any atom is 0.238 e. The molecule has 3 aromatic heterocycles. The van der Waals surface area contributed by atoms with Gasteiger partial charge in [0.15, 0.2) is 11.6 Å². The van der Waals surface area contributed by atoms with Crippen LogP contribution in [0, 0.1) is 0 Å². The van der Waals surface area contributed by atoms with Gasteiger partial charge in [-0.25, -0.2) is 4.98 Å². The molecule has 10 aromatic rings. The molecule has 10 rings (SSSR count). The second-order valence-electron chi connectivity index (χ2n) is 11.6. The Kier molecular flexibility index (Phi) is 4.64. The van der Waals surface area contributed by atoms with E-state index in [4.69, 9.17) is 27.6 Å². The van der Waals surface area contributed by atoms with E-state index in [2.05, 4.69) is 18.2 Å². The van der Waals surface area contributed by atoms with Crippen molar-refractivity contribution in [3.8, 4) is 39.9 Å². The number of hydrogen-bond donors (Lipinski definition) is 0. The standard InChI is InChI=1S/C43H26N4O/c1-2-12-27(13-3-1)29-24-25-36(31-15-5-4-14-30(29)31)42-44-41(28-22-23-35-34-18-8-11-21-39(34)48-40(35)26-28)45-43(46-42)47-37-19-9-6-16-32(37)33-17-7-10-20-38(33)47/h1-26H/i6D,7D,16D,17D,19D,20D. The highest BCUT2D eigenvalue weighted by molar-refractivity contribution is 6.09. The predicted molar refractivity (Wildman–Crippen MR) is 195 cm³/mol. The topological polar surface area (TPSA) is 56.7 Å². The normalized spacial score (nSPS) is 13.5. The van der Waals surface area contributed by atoms with Crippen LogP contribution in [0.25, 0.3) is 94.4 Å². The summed E-state index contributed by atoms with van der Waals surface area (Å²) < 4.78 is 60.5. The average molecular weight is 621 g/mol. The lowest BCUT2D eigenvalue weighted by atomic mass is 9.95. The minimum atomic E-state index is -0.212. The molecule has 0 atom stereocenters. The van der Waals surface area contributed by atoms with E-state index in [-0.39, 0.29) is 64.0 Å². The first kappa shape index (κ1) is 21.3. The Bertz CT molecular complexity index is 3120. The van der Waals surface area contributed by atoms with Crippen molar-refractivity contribution in [1.29, 1.82) is 0 Å². The van der Waals surface area contributed by atoms with Gasteiger partial charge in [-0.2, -0.15) is 9.97 Å². The molecule has 0 aliphatic rings. The quantitative estimate of drug-likeness (QED) is 0.196. The van der Waals surface area contributed by atoms with Crippen LogP contribution in [0.1, 0.15) is 8.22 Å².